The molecule has 0 amide bonds. The second kappa shape index (κ2) is 5.71. The Hall–Kier alpha value is -2.91. The summed E-state index contributed by atoms with van der Waals surface area (Å²) in [6.45, 7) is 2.50. The number of rotatable bonds is 1. The van der Waals surface area contributed by atoms with Crippen LogP contribution in [0.1, 0.15) is 17.5 Å². The van der Waals surface area contributed by atoms with Gasteiger partial charge in [0.25, 0.3) is 0 Å². The van der Waals surface area contributed by atoms with E-state index >= 15 is 0 Å². The Morgan fingerprint density at radius 3 is 2.83 bits per heavy atom. The van der Waals surface area contributed by atoms with Gasteiger partial charge in [0.2, 0.25) is 5.82 Å². The van der Waals surface area contributed by atoms with E-state index in [1.165, 1.54) is 0 Å². The lowest BCUT2D eigenvalue weighted by atomic mass is 10.2. The number of hydrogen-bond acceptors (Lipinski definition) is 4. The van der Waals surface area contributed by atoms with E-state index in [1.54, 1.807) is 0 Å². The molecule has 0 unspecified atom stereocenters. The quantitative estimate of drug-likeness (QED) is 0.686. The van der Waals surface area contributed by atoms with E-state index in [4.69, 9.17) is 0 Å². The minimum atomic E-state index is 0.549. The summed E-state index contributed by atoms with van der Waals surface area (Å²) >= 11 is 0. The molecule has 1 aliphatic heterocycles. The Labute approximate surface area is 134 Å². The van der Waals surface area contributed by atoms with Crippen LogP contribution in [0, 0.1) is 11.8 Å². The van der Waals surface area contributed by atoms with E-state index in [1.807, 2.05) is 52.8 Å². The van der Waals surface area contributed by atoms with Gasteiger partial charge in [0.15, 0.2) is 5.82 Å². The first kappa shape index (κ1) is 13.7. The highest BCUT2D eigenvalue weighted by atomic mass is 15.4. The molecule has 0 saturated carbocycles. The van der Waals surface area contributed by atoms with Gasteiger partial charge in [0.05, 0.1) is 18.8 Å². The van der Waals surface area contributed by atoms with Crippen molar-refractivity contribution in [3.63, 3.8) is 0 Å². The summed E-state index contributed by atoms with van der Waals surface area (Å²) in [5, 5.41) is 7.69. The highest BCUT2D eigenvalue weighted by molar-refractivity contribution is 5.59. The molecule has 1 aromatic carbocycles. The summed E-state index contributed by atoms with van der Waals surface area (Å²) in [7, 11) is 1.94. The average Bonchev–Trinajstić information content (AvgIpc) is 3.16. The number of aryl methyl sites for hydroxylation is 1. The standard InChI is InChI=1S/C17H16N6/c1-22-12-14(13-5-3-2-4-6-13)19-16(22)8-7-15-20-17-11-18-9-10-23(17)21-15/h2-6,12,18H,9-11H2,1H3. The highest BCUT2D eigenvalue weighted by Crippen LogP contribution is 2.17. The zero-order valence-corrected chi connectivity index (χ0v) is 12.8. The van der Waals surface area contributed by atoms with Crippen LogP contribution >= 0.6 is 0 Å². The van der Waals surface area contributed by atoms with E-state index in [0.717, 1.165) is 36.7 Å². The van der Waals surface area contributed by atoms with E-state index in [-0.39, 0.29) is 0 Å². The zero-order valence-electron chi connectivity index (χ0n) is 12.8. The van der Waals surface area contributed by atoms with E-state index in [9.17, 15) is 0 Å². The lowest BCUT2D eigenvalue weighted by molar-refractivity contribution is 0.468. The predicted molar refractivity (Wildman–Crippen MR) is 86.4 cm³/mol. The SMILES string of the molecule is Cn1cc(-c2ccccc2)nc1C#Cc1nc2n(n1)CCNC2. The molecule has 0 fully saturated rings. The maximum Gasteiger partial charge on any atom is 0.226 e. The molecule has 6 heteroatoms. The van der Waals surface area contributed by atoms with Gasteiger partial charge >= 0.3 is 0 Å². The zero-order chi connectivity index (χ0) is 15.6. The number of imidazole rings is 1. The number of aromatic nitrogens is 5. The molecular formula is C17H16N6. The molecule has 0 atom stereocenters. The average molecular weight is 304 g/mol. The van der Waals surface area contributed by atoms with E-state index in [2.05, 4.69) is 32.2 Å². The maximum atomic E-state index is 4.59. The highest BCUT2D eigenvalue weighted by Gasteiger charge is 2.12. The Kier molecular flexibility index (Phi) is 3.41. The number of benzene rings is 1. The Morgan fingerprint density at radius 1 is 1.13 bits per heavy atom. The molecular weight excluding hydrogens is 288 g/mol. The van der Waals surface area contributed by atoms with Crippen molar-refractivity contribution in [2.45, 2.75) is 13.1 Å². The molecule has 0 aliphatic carbocycles. The normalized spacial score (nSPS) is 13.3. The summed E-state index contributed by atoms with van der Waals surface area (Å²) in [5.41, 5.74) is 2.00. The fraction of sp³-hybridized carbons (Fsp3) is 0.235. The van der Waals surface area contributed by atoms with Crippen molar-refractivity contribution < 1.29 is 0 Å². The van der Waals surface area contributed by atoms with Gasteiger partial charge in [-0.25, -0.2) is 14.6 Å². The van der Waals surface area contributed by atoms with Crippen molar-refractivity contribution in [1.29, 1.82) is 0 Å². The fourth-order valence-corrected chi connectivity index (χ4v) is 2.56. The van der Waals surface area contributed by atoms with Gasteiger partial charge < -0.3 is 9.88 Å². The van der Waals surface area contributed by atoms with Crippen molar-refractivity contribution in [2.75, 3.05) is 6.54 Å². The van der Waals surface area contributed by atoms with Crippen LogP contribution in [0.5, 0.6) is 0 Å². The third kappa shape index (κ3) is 2.74. The third-order valence-electron chi connectivity index (χ3n) is 3.76. The topological polar surface area (TPSA) is 60.6 Å². The number of hydrogen-bond donors (Lipinski definition) is 1. The summed E-state index contributed by atoms with van der Waals surface area (Å²) in [4.78, 5) is 9.03. The molecule has 4 rings (SSSR count). The molecule has 114 valence electrons. The Bertz CT molecular complexity index is 871. The fourth-order valence-electron chi connectivity index (χ4n) is 2.56. The number of fused-ring (bicyclic) bond motifs is 1. The van der Waals surface area contributed by atoms with Crippen LogP contribution in [0.15, 0.2) is 36.5 Å². The molecule has 6 nitrogen and oxygen atoms in total. The van der Waals surface area contributed by atoms with Crippen LogP contribution in [-0.2, 0) is 20.1 Å². The maximum absolute atomic E-state index is 4.59. The predicted octanol–water partition coefficient (Wildman–Crippen LogP) is 1.18. The lowest BCUT2D eigenvalue weighted by Crippen LogP contribution is -2.28. The van der Waals surface area contributed by atoms with Gasteiger partial charge in [-0.3, -0.25) is 0 Å². The largest absolute Gasteiger partial charge is 0.327 e. The van der Waals surface area contributed by atoms with Gasteiger partial charge in [-0.05, 0) is 11.8 Å². The molecule has 23 heavy (non-hydrogen) atoms. The van der Waals surface area contributed by atoms with Crippen molar-refractivity contribution >= 4 is 0 Å². The Morgan fingerprint density at radius 2 is 2.00 bits per heavy atom. The van der Waals surface area contributed by atoms with Gasteiger partial charge in [0.1, 0.15) is 5.82 Å². The smallest absolute Gasteiger partial charge is 0.226 e. The second-order valence-electron chi connectivity index (χ2n) is 5.43. The van der Waals surface area contributed by atoms with Crippen LogP contribution in [-0.4, -0.2) is 30.9 Å². The van der Waals surface area contributed by atoms with Crippen LogP contribution in [0.2, 0.25) is 0 Å². The first-order valence-corrected chi connectivity index (χ1v) is 7.55. The van der Waals surface area contributed by atoms with Crippen molar-refractivity contribution in [3.8, 4) is 23.1 Å². The van der Waals surface area contributed by atoms with Gasteiger partial charge in [-0.1, -0.05) is 30.3 Å². The molecule has 1 aliphatic rings. The van der Waals surface area contributed by atoms with Gasteiger partial charge in [0, 0.05) is 25.4 Å². The second-order valence-corrected chi connectivity index (χ2v) is 5.43. The minimum absolute atomic E-state index is 0.549. The molecule has 3 heterocycles. The number of nitrogens with zero attached hydrogens (tertiary/aromatic N) is 5. The van der Waals surface area contributed by atoms with Gasteiger partial charge in [-0.15, -0.1) is 5.10 Å². The van der Waals surface area contributed by atoms with E-state index < -0.39 is 0 Å². The molecule has 2 aromatic heterocycles. The number of nitrogens with one attached hydrogen (secondary N) is 1. The minimum Gasteiger partial charge on any atom is -0.327 e. The molecule has 0 saturated heterocycles. The van der Waals surface area contributed by atoms with E-state index in [0.29, 0.717) is 11.6 Å². The molecule has 3 aromatic rings. The first-order chi connectivity index (χ1) is 11.3. The summed E-state index contributed by atoms with van der Waals surface area (Å²) in [6, 6.07) is 10.1. The van der Waals surface area contributed by atoms with Gasteiger partial charge in [-0.2, -0.15) is 0 Å². The van der Waals surface area contributed by atoms with Crippen molar-refractivity contribution in [1.82, 2.24) is 29.6 Å². The van der Waals surface area contributed by atoms with Crippen molar-refractivity contribution in [2.24, 2.45) is 7.05 Å². The van der Waals surface area contributed by atoms with Crippen LogP contribution < -0.4 is 5.32 Å². The van der Waals surface area contributed by atoms with Crippen LogP contribution in [0.25, 0.3) is 11.3 Å². The third-order valence-corrected chi connectivity index (χ3v) is 3.76. The summed E-state index contributed by atoms with van der Waals surface area (Å²) in [6.07, 6.45) is 1.98. The molecule has 0 radical (unpaired) electrons. The summed E-state index contributed by atoms with van der Waals surface area (Å²) in [5.74, 6) is 8.28. The Balaban J connectivity index is 1.63. The molecule has 0 bridgehead atoms. The molecule has 1 N–H and O–H groups in total. The summed E-state index contributed by atoms with van der Waals surface area (Å²) < 4.78 is 3.83. The van der Waals surface area contributed by atoms with Crippen LogP contribution in [0.3, 0.4) is 0 Å². The lowest BCUT2D eigenvalue weighted by Gasteiger charge is -2.11. The molecule has 0 spiro atoms. The van der Waals surface area contributed by atoms with Crippen molar-refractivity contribution in [3.05, 3.63) is 54.0 Å². The monoisotopic (exact) mass is 304 g/mol. The van der Waals surface area contributed by atoms with Crippen LogP contribution in [0.4, 0.5) is 0 Å². The first-order valence-electron chi connectivity index (χ1n) is 7.55.